The van der Waals surface area contributed by atoms with Crippen molar-refractivity contribution in [3.8, 4) is 11.1 Å². The van der Waals surface area contributed by atoms with Crippen molar-refractivity contribution in [1.82, 2.24) is 4.98 Å². The van der Waals surface area contributed by atoms with Crippen molar-refractivity contribution >= 4 is 10.7 Å². The molecule has 1 heterocycles. The standard InChI is InChI=1S/C13H13NO3S/c15-8-13-6-5-12(7-14-13)11-3-1-10(2-4-11)9-18(16)17/h1-7,15,18H,8-9H2. The van der Waals surface area contributed by atoms with E-state index in [9.17, 15) is 8.42 Å². The number of aromatic nitrogens is 1. The zero-order chi connectivity index (χ0) is 13.0. The summed E-state index contributed by atoms with van der Waals surface area (Å²) in [5.41, 5.74) is 3.30. The first-order chi connectivity index (χ1) is 8.69. The molecule has 0 aliphatic rings. The van der Waals surface area contributed by atoms with Gasteiger partial charge < -0.3 is 5.11 Å². The third-order valence-corrected chi connectivity index (χ3v) is 3.21. The van der Waals surface area contributed by atoms with E-state index in [-0.39, 0.29) is 12.4 Å². The van der Waals surface area contributed by atoms with E-state index in [4.69, 9.17) is 5.11 Å². The lowest BCUT2D eigenvalue weighted by Crippen LogP contribution is -1.89. The van der Waals surface area contributed by atoms with Gasteiger partial charge in [-0.15, -0.1) is 0 Å². The Morgan fingerprint density at radius 3 is 2.17 bits per heavy atom. The van der Waals surface area contributed by atoms with Crippen LogP contribution in [-0.2, 0) is 23.1 Å². The monoisotopic (exact) mass is 263 g/mol. The van der Waals surface area contributed by atoms with E-state index in [1.54, 1.807) is 24.4 Å². The Labute approximate surface area is 107 Å². The minimum atomic E-state index is -2.39. The van der Waals surface area contributed by atoms with Gasteiger partial charge >= 0.3 is 0 Å². The maximum atomic E-state index is 10.6. The zero-order valence-corrected chi connectivity index (χ0v) is 10.5. The molecule has 18 heavy (non-hydrogen) atoms. The van der Waals surface area contributed by atoms with Gasteiger partial charge in [-0.3, -0.25) is 4.98 Å². The van der Waals surface area contributed by atoms with Crippen LogP contribution in [0.25, 0.3) is 11.1 Å². The molecule has 0 radical (unpaired) electrons. The van der Waals surface area contributed by atoms with Crippen LogP contribution >= 0.6 is 0 Å². The van der Waals surface area contributed by atoms with Crippen LogP contribution in [0.3, 0.4) is 0 Å². The predicted molar refractivity (Wildman–Crippen MR) is 69.6 cm³/mol. The number of benzene rings is 1. The highest BCUT2D eigenvalue weighted by molar-refractivity contribution is 7.71. The van der Waals surface area contributed by atoms with Crippen molar-refractivity contribution in [3.63, 3.8) is 0 Å². The van der Waals surface area contributed by atoms with E-state index in [0.29, 0.717) is 5.69 Å². The zero-order valence-electron chi connectivity index (χ0n) is 9.61. The second-order valence-electron chi connectivity index (χ2n) is 3.88. The summed E-state index contributed by atoms with van der Waals surface area (Å²) in [7, 11) is -2.39. The summed E-state index contributed by atoms with van der Waals surface area (Å²) < 4.78 is 21.2. The van der Waals surface area contributed by atoms with Gasteiger partial charge in [0.2, 0.25) is 0 Å². The highest BCUT2D eigenvalue weighted by atomic mass is 32.2. The van der Waals surface area contributed by atoms with Crippen LogP contribution in [0.5, 0.6) is 0 Å². The van der Waals surface area contributed by atoms with Crippen molar-refractivity contribution in [3.05, 3.63) is 53.9 Å². The molecule has 0 spiro atoms. The largest absolute Gasteiger partial charge is 0.390 e. The molecule has 0 fully saturated rings. The van der Waals surface area contributed by atoms with Crippen molar-refractivity contribution in [1.29, 1.82) is 0 Å². The van der Waals surface area contributed by atoms with E-state index < -0.39 is 10.7 Å². The van der Waals surface area contributed by atoms with Crippen LogP contribution in [0.4, 0.5) is 0 Å². The molecule has 0 aliphatic carbocycles. The Kier molecular flexibility index (Phi) is 4.07. The fourth-order valence-electron chi connectivity index (χ4n) is 1.64. The van der Waals surface area contributed by atoms with E-state index in [0.717, 1.165) is 16.7 Å². The van der Waals surface area contributed by atoms with E-state index in [2.05, 4.69) is 4.98 Å². The van der Waals surface area contributed by atoms with E-state index in [1.165, 1.54) is 0 Å². The summed E-state index contributed by atoms with van der Waals surface area (Å²) in [5.74, 6) is 0.0668. The molecule has 0 saturated carbocycles. The molecule has 1 aromatic carbocycles. The molecule has 2 aromatic rings. The normalized spacial score (nSPS) is 10.8. The van der Waals surface area contributed by atoms with Crippen molar-refractivity contribution in [2.45, 2.75) is 12.4 Å². The minimum absolute atomic E-state index is 0.0668. The first kappa shape index (κ1) is 12.7. The van der Waals surface area contributed by atoms with Crippen molar-refractivity contribution in [2.75, 3.05) is 0 Å². The second kappa shape index (κ2) is 5.75. The van der Waals surface area contributed by atoms with Gasteiger partial charge in [-0.05, 0) is 17.2 Å². The topological polar surface area (TPSA) is 67.3 Å². The number of hydrogen-bond acceptors (Lipinski definition) is 4. The minimum Gasteiger partial charge on any atom is -0.390 e. The quantitative estimate of drug-likeness (QED) is 0.817. The second-order valence-corrected chi connectivity index (χ2v) is 4.87. The molecule has 5 heteroatoms. The van der Waals surface area contributed by atoms with Gasteiger partial charge in [0.05, 0.1) is 18.1 Å². The first-order valence-electron chi connectivity index (χ1n) is 5.46. The van der Waals surface area contributed by atoms with Crippen molar-refractivity contribution in [2.24, 2.45) is 0 Å². The number of nitrogens with zero attached hydrogens (tertiary/aromatic N) is 1. The summed E-state index contributed by atoms with van der Waals surface area (Å²) in [6, 6.07) is 11.0. The molecule has 1 aromatic heterocycles. The van der Waals surface area contributed by atoms with Gasteiger partial charge in [0.25, 0.3) is 0 Å². The highest BCUT2D eigenvalue weighted by Crippen LogP contribution is 2.19. The third kappa shape index (κ3) is 3.15. The summed E-state index contributed by atoms with van der Waals surface area (Å²) in [6.07, 6.45) is 1.69. The van der Waals surface area contributed by atoms with Gasteiger partial charge in [0.15, 0.2) is 0 Å². The Balaban J connectivity index is 2.22. The average molecular weight is 263 g/mol. The lowest BCUT2D eigenvalue weighted by Gasteiger charge is -2.03. The predicted octanol–water partition coefficient (Wildman–Crippen LogP) is 1.35. The molecule has 0 unspecified atom stereocenters. The van der Waals surface area contributed by atoms with Crippen LogP contribution in [0.2, 0.25) is 0 Å². The summed E-state index contributed by atoms with van der Waals surface area (Å²) in [5, 5.41) is 8.90. The third-order valence-electron chi connectivity index (χ3n) is 2.59. The molecule has 0 bridgehead atoms. The molecule has 2 rings (SSSR count). The summed E-state index contributed by atoms with van der Waals surface area (Å²) >= 11 is 0. The smallest absolute Gasteiger partial charge is 0.144 e. The number of hydrogen-bond donors (Lipinski definition) is 2. The SMILES string of the molecule is O=[SH](=O)Cc1ccc(-c2ccc(CO)nc2)cc1. The van der Waals surface area contributed by atoms with Crippen LogP contribution in [0, 0.1) is 0 Å². The summed E-state index contributed by atoms with van der Waals surface area (Å²) in [4.78, 5) is 4.10. The molecule has 0 saturated heterocycles. The fourth-order valence-corrected chi connectivity index (χ4v) is 2.15. The number of aliphatic hydroxyl groups excluding tert-OH is 1. The molecule has 0 atom stereocenters. The molecule has 4 nitrogen and oxygen atoms in total. The Morgan fingerprint density at radius 1 is 1.00 bits per heavy atom. The number of aliphatic hydroxyl groups is 1. The van der Waals surface area contributed by atoms with Gasteiger partial charge in [0, 0.05) is 11.8 Å². The molecular weight excluding hydrogens is 250 g/mol. The molecule has 0 amide bonds. The maximum absolute atomic E-state index is 10.6. The first-order valence-corrected chi connectivity index (χ1v) is 6.82. The molecule has 0 aliphatic heterocycles. The molecule has 94 valence electrons. The van der Waals surface area contributed by atoms with E-state index >= 15 is 0 Å². The lowest BCUT2D eigenvalue weighted by molar-refractivity contribution is 0.277. The number of thiol groups is 1. The van der Waals surface area contributed by atoms with Crippen molar-refractivity contribution < 1.29 is 13.5 Å². The van der Waals surface area contributed by atoms with Gasteiger partial charge in [-0.2, -0.15) is 0 Å². The van der Waals surface area contributed by atoms with Crippen LogP contribution in [-0.4, -0.2) is 18.5 Å². The summed E-state index contributed by atoms with van der Waals surface area (Å²) in [6.45, 7) is -0.0736. The molecular formula is C13H13NO3S. The number of pyridine rings is 1. The van der Waals surface area contributed by atoms with Crippen LogP contribution in [0.1, 0.15) is 11.3 Å². The molecule has 1 N–H and O–H groups in total. The van der Waals surface area contributed by atoms with Crippen LogP contribution in [0.15, 0.2) is 42.6 Å². The maximum Gasteiger partial charge on any atom is 0.144 e. The van der Waals surface area contributed by atoms with E-state index in [1.807, 2.05) is 18.2 Å². The van der Waals surface area contributed by atoms with Gasteiger partial charge in [0.1, 0.15) is 10.7 Å². The van der Waals surface area contributed by atoms with Gasteiger partial charge in [-0.1, -0.05) is 30.3 Å². The Hall–Kier alpha value is -1.72. The lowest BCUT2D eigenvalue weighted by atomic mass is 10.1. The Bertz CT molecular complexity index is 581. The average Bonchev–Trinajstić information content (AvgIpc) is 2.39. The fraction of sp³-hybridized carbons (Fsp3) is 0.154. The van der Waals surface area contributed by atoms with Gasteiger partial charge in [-0.25, -0.2) is 8.42 Å². The Morgan fingerprint density at radius 2 is 1.67 bits per heavy atom. The highest BCUT2D eigenvalue weighted by Gasteiger charge is 2.00. The number of rotatable bonds is 4. The van der Waals surface area contributed by atoms with Crippen LogP contribution < -0.4 is 0 Å².